The minimum atomic E-state index is 0.0151. The highest BCUT2D eigenvalue weighted by Crippen LogP contribution is 2.22. The van der Waals surface area contributed by atoms with Crippen LogP contribution in [0.25, 0.3) is 22.2 Å². The largest absolute Gasteiger partial charge is 0.372 e. The fourth-order valence-electron chi connectivity index (χ4n) is 4.01. The maximum Gasteiger partial charge on any atom is 0.169 e. The summed E-state index contributed by atoms with van der Waals surface area (Å²) in [6.45, 7) is 3.79. The van der Waals surface area contributed by atoms with Crippen LogP contribution in [0.5, 0.6) is 0 Å². The van der Waals surface area contributed by atoms with E-state index < -0.39 is 0 Å². The molecule has 1 aliphatic heterocycles. The van der Waals surface area contributed by atoms with Gasteiger partial charge in [-0.3, -0.25) is 19.7 Å². The summed E-state index contributed by atoms with van der Waals surface area (Å²) < 4.78 is 0. The Morgan fingerprint density at radius 3 is 2.68 bits per heavy atom. The fraction of sp³-hybridized carbons (Fsp3) is 0.280. The van der Waals surface area contributed by atoms with Crippen LogP contribution in [0, 0.1) is 0 Å². The third kappa shape index (κ3) is 4.69. The lowest BCUT2D eigenvalue weighted by atomic mass is 10.1. The molecule has 9 nitrogen and oxygen atoms in total. The van der Waals surface area contributed by atoms with Gasteiger partial charge in [-0.25, -0.2) is 9.97 Å². The molecular weight excluding hydrogens is 428 g/mol. The number of carbonyl (C=O) groups is 1. The number of likely N-dealkylation sites (N-methyl/N-ethyl adjacent to an activating group) is 1. The molecule has 0 amide bonds. The van der Waals surface area contributed by atoms with Crippen LogP contribution in [0.15, 0.2) is 55.2 Å². The van der Waals surface area contributed by atoms with Crippen molar-refractivity contribution in [3.8, 4) is 11.3 Å². The molecule has 172 valence electrons. The molecule has 4 aromatic heterocycles. The van der Waals surface area contributed by atoms with Gasteiger partial charge >= 0.3 is 0 Å². The van der Waals surface area contributed by atoms with E-state index in [9.17, 15) is 4.79 Å². The molecule has 1 N–H and O–H groups in total. The summed E-state index contributed by atoms with van der Waals surface area (Å²) in [6, 6.07) is 7.58. The van der Waals surface area contributed by atoms with Gasteiger partial charge in [-0.15, -0.1) is 0 Å². The van der Waals surface area contributed by atoms with E-state index in [0.29, 0.717) is 17.1 Å². The first-order valence-electron chi connectivity index (χ1n) is 11.3. The summed E-state index contributed by atoms with van der Waals surface area (Å²) in [5.41, 5.74) is 3.69. The van der Waals surface area contributed by atoms with E-state index in [1.54, 1.807) is 44.1 Å². The molecule has 0 spiro atoms. The third-order valence-corrected chi connectivity index (χ3v) is 6.05. The Morgan fingerprint density at radius 1 is 1.00 bits per heavy atom. The van der Waals surface area contributed by atoms with Crippen molar-refractivity contribution < 1.29 is 4.79 Å². The van der Waals surface area contributed by atoms with Crippen molar-refractivity contribution in [1.29, 1.82) is 0 Å². The van der Waals surface area contributed by atoms with Gasteiger partial charge in [0.1, 0.15) is 11.6 Å². The molecule has 1 fully saturated rings. The second-order valence-electron chi connectivity index (χ2n) is 8.42. The van der Waals surface area contributed by atoms with Crippen molar-refractivity contribution in [3.63, 3.8) is 0 Å². The first kappa shape index (κ1) is 21.8. The number of ketones is 1. The first-order valence-corrected chi connectivity index (χ1v) is 11.3. The van der Waals surface area contributed by atoms with E-state index >= 15 is 0 Å². The van der Waals surface area contributed by atoms with Gasteiger partial charge in [-0.05, 0) is 31.3 Å². The lowest BCUT2D eigenvalue weighted by molar-refractivity contribution is 0.0992. The molecule has 34 heavy (non-hydrogen) atoms. The van der Waals surface area contributed by atoms with E-state index in [1.165, 1.54) is 0 Å². The maximum atomic E-state index is 13.1. The molecule has 0 aromatic carbocycles. The van der Waals surface area contributed by atoms with Gasteiger partial charge in [0.15, 0.2) is 5.78 Å². The van der Waals surface area contributed by atoms with Crippen LogP contribution in [-0.4, -0.2) is 75.9 Å². The number of nitrogens with one attached hydrogen (secondary N) is 1. The molecule has 0 bridgehead atoms. The Kier molecular flexibility index (Phi) is 6.09. The van der Waals surface area contributed by atoms with Crippen LogP contribution in [0.2, 0.25) is 0 Å². The van der Waals surface area contributed by atoms with Gasteiger partial charge in [-0.2, -0.15) is 0 Å². The zero-order valence-corrected chi connectivity index (χ0v) is 19.3. The number of carbonyl (C=O) groups excluding carboxylic acids is 1. The van der Waals surface area contributed by atoms with Gasteiger partial charge in [0.25, 0.3) is 0 Å². The van der Waals surface area contributed by atoms with Crippen LogP contribution in [0.1, 0.15) is 16.1 Å². The highest BCUT2D eigenvalue weighted by atomic mass is 16.1. The number of piperazine rings is 1. The monoisotopic (exact) mass is 454 g/mol. The second kappa shape index (κ2) is 9.48. The lowest BCUT2D eigenvalue weighted by Crippen LogP contribution is -2.44. The van der Waals surface area contributed by atoms with E-state index in [2.05, 4.69) is 47.1 Å². The topological polar surface area (TPSA) is 100 Å². The van der Waals surface area contributed by atoms with E-state index in [4.69, 9.17) is 0 Å². The highest BCUT2D eigenvalue weighted by molar-refractivity contribution is 5.98. The minimum absolute atomic E-state index is 0.0151. The molecule has 5 heterocycles. The number of aromatic nitrogens is 5. The zero-order valence-electron chi connectivity index (χ0n) is 19.3. The Hall–Kier alpha value is -3.98. The van der Waals surface area contributed by atoms with Gasteiger partial charge in [-0.1, -0.05) is 0 Å². The van der Waals surface area contributed by atoms with Crippen LogP contribution < -0.4 is 10.2 Å². The van der Waals surface area contributed by atoms with Gasteiger partial charge in [0, 0.05) is 67.8 Å². The predicted molar refractivity (Wildman–Crippen MR) is 132 cm³/mol. The highest BCUT2D eigenvalue weighted by Gasteiger charge is 2.17. The van der Waals surface area contributed by atoms with Crippen LogP contribution >= 0.6 is 0 Å². The first-order chi connectivity index (χ1) is 16.6. The second-order valence-corrected chi connectivity index (χ2v) is 8.42. The van der Waals surface area contributed by atoms with E-state index in [1.807, 2.05) is 18.2 Å². The molecule has 0 atom stereocenters. The normalized spacial score (nSPS) is 14.4. The smallest absolute Gasteiger partial charge is 0.169 e. The fourth-order valence-corrected chi connectivity index (χ4v) is 4.01. The maximum absolute atomic E-state index is 13.1. The number of nitrogens with zero attached hydrogens (tertiary/aromatic N) is 7. The molecule has 1 saturated heterocycles. The SMILES string of the molecule is CNc1cncc(-c2cnc3cnc(CC(=O)c4ccnc(N5CCN(C)CC5)c4)cc3c2)n1. The van der Waals surface area contributed by atoms with Crippen LogP contribution in [-0.2, 0) is 6.42 Å². The molecule has 0 saturated carbocycles. The van der Waals surface area contributed by atoms with Crippen molar-refractivity contribution >= 4 is 28.3 Å². The van der Waals surface area contributed by atoms with Crippen molar-refractivity contribution in [1.82, 2.24) is 29.8 Å². The van der Waals surface area contributed by atoms with Gasteiger partial charge in [0.05, 0.1) is 36.2 Å². The molecule has 1 aliphatic rings. The average molecular weight is 455 g/mol. The molecule has 0 aliphatic carbocycles. The van der Waals surface area contributed by atoms with E-state index in [-0.39, 0.29) is 12.2 Å². The number of pyridine rings is 3. The number of hydrogen-bond acceptors (Lipinski definition) is 9. The standard InChI is InChI=1S/C25H26N8O/c1-26-24-16-27-14-22(31-24)19-9-18-10-20(29-15-21(18)30-13-19)12-23(34)17-3-4-28-25(11-17)33-7-5-32(2)6-8-33/h3-4,9-11,13-16H,5-8,12H2,1-2H3,(H,26,31). The van der Waals surface area contributed by atoms with Crippen molar-refractivity contribution in [2.45, 2.75) is 6.42 Å². The van der Waals surface area contributed by atoms with Crippen LogP contribution in [0.3, 0.4) is 0 Å². The Balaban J connectivity index is 1.36. The molecule has 9 heteroatoms. The van der Waals surface area contributed by atoms with Gasteiger partial charge < -0.3 is 15.1 Å². The molecular formula is C25H26N8O. The summed E-state index contributed by atoms with van der Waals surface area (Å²) in [7, 11) is 3.92. The minimum Gasteiger partial charge on any atom is -0.372 e. The number of rotatable bonds is 6. The lowest BCUT2D eigenvalue weighted by Gasteiger charge is -2.33. The van der Waals surface area contributed by atoms with Crippen molar-refractivity contribution in [3.05, 3.63) is 66.5 Å². The van der Waals surface area contributed by atoms with Gasteiger partial charge in [0.2, 0.25) is 0 Å². The molecule has 5 rings (SSSR count). The number of hydrogen-bond donors (Lipinski definition) is 1. The molecule has 4 aromatic rings. The Labute approximate surface area is 197 Å². The predicted octanol–water partition coefficient (Wildman–Crippen LogP) is 2.70. The summed E-state index contributed by atoms with van der Waals surface area (Å²) in [4.78, 5) is 39.8. The Morgan fingerprint density at radius 2 is 1.85 bits per heavy atom. The summed E-state index contributed by atoms with van der Waals surface area (Å²) in [5, 5.41) is 3.90. The zero-order chi connectivity index (χ0) is 23.5. The van der Waals surface area contributed by atoms with Crippen molar-refractivity contribution in [2.24, 2.45) is 0 Å². The molecule has 0 radical (unpaired) electrons. The number of fused-ring (bicyclic) bond motifs is 1. The molecule has 0 unspecified atom stereocenters. The summed E-state index contributed by atoms with van der Waals surface area (Å²) in [5.74, 6) is 1.55. The van der Waals surface area contributed by atoms with Crippen molar-refractivity contribution in [2.75, 3.05) is 50.5 Å². The summed E-state index contributed by atoms with van der Waals surface area (Å²) in [6.07, 6.45) is 8.76. The van der Waals surface area contributed by atoms with E-state index in [0.717, 1.165) is 54.2 Å². The summed E-state index contributed by atoms with van der Waals surface area (Å²) >= 11 is 0. The average Bonchev–Trinajstić information content (AvgIpc) is 2.89. The Bertz CT molecular complexity index is 1330. The third-order valence-electron chi connectivity index (χ3n) is 6.05. The number of Topliss-reactive ketones (excluding diaryl/α,β-unsaturated/α-hetero) is 1. The quantitative estimate of drug-likeness (QED) is 0.441. The number of anilines is 2. The van der Waals surface area contributed by atoms with Crippen LogP contribution in [0.4, 0.5) is 11.6 Å².